The van der Waals surface area contributed by atoms with Crippen molar-refractivity contribution in [2.75, 3.05) is 5.32 Å². The second-order valence-corrected chi connectivity index (χ2v) is 6.37. The van der Waals surface area contributed by atoms with Gasteiger partial charge >= 0.3 is 0 Å². The highest BCUT2D eigenvalue weighted by Gasteiger charge is 2.32. The van der Waals surface area contributed by atoms with Crippen LogP contribution in [0, 0.1) is 11.3 Å². The maximum atomic E-state index is 4.29. The molecule has 0 amide bonds. The van der Waals surface area contributed by atoms with Crippen molar-refractivity contribution in [3.63, 3.8) is 0 Å². The zero-order valence-corrected chi connectivity index (χ0v) is 10.6. The van der Waals surface area contributed by atoms with Crippen molar-refractivity contribution in [1.82, 2.24) is 4.98 Å². The number of aromatic nitrogens is 1. The molecule has 1 N–H and O–H groups in total. The highest BCUT2D eigenvalue weighted by molar-refractivity contribution is 7.13. The van der Waals surface area contributed by atoms with Crippen LogP contribution >= 0.6 is 11.3 Å². The second kappa shape index (κ2) is 4.12. The molecule has 2 rings (SSSR count). The molecule has 1 fully saturated rings. The summed E-state index contributed by atoms with van der Waals surface area (Å²) in [4.78, 5) is 4.29. The third-order valence-corrected chi connectivity index (χ3v) is 4.14. The van der Waals surface area contributed by atoms with Gasteiger partial charge < -0.3 is 5.32 Å². The molecule has 3 heteroatoms. The average molecular weight is 224 g/mol. The van der Waals surface area contributed by atoms with Gasteiger partial charge in [0.25, 0.3) is 0 Å². The fraction of sp³-hybridized carbons (Fsp3) is 0.750. The van der Waals surface area contributed by atoms with Gasteiger partial charge in [0.05, 0.1) is 0 Å². The monoisotopic (exact) mass is 224 g/mol. The predicted octanol–water partition coefficient (Wildman–Crippen LogP) is 3.77. The third-order valence-electron chi connectivity index (χ3n) is 3.43. The van der Waals surface area contributed by atoms with Crippen LogP contribution in [0.3, 0.4) is 0 Å². The van der Waals surface area contributed by atoms with Crippen molar-refractivity contribution in [2.24, 2.45) is 11.3 Å². The Morgan fingerprint density at radius 2 is 2.33 bits per heavy atom. The molecular formula is C12H20N2S. The molecule has 0 aromatic carbocycles. The van der Waals surface area contributed by atoms with Gasteiger partial charge in [0.15, 0.2) is 5.13 Å². The Bertz CT molecular complexity index is 305. The smallest absolute Gasteiger partial charge is 0.182 e. The Balaban J connectivity index is 1.95. The standard InChI is InChI=1S/C12H20N2S/c1-9-8-12(2,3)5-4-10(9)14-11-13-6-7-15-11/h6-7,9-10H,4-5,8H2,1-3H3,(H,13,14). The summed E-state index contributed by atoms with van der Waals surface area (Å²) < 4.78 is 0. The first-order valence-electron chi connectivity index (χ1n) is 5.73. The van der Waals surface area contributed by atoms with E-state index < -0.39 is 0 Å². The van der Waals surface area contributed by atoms with E-state index in [9.17, 15) is 0 Å². The average Bonchev–Trinajstić information content (AvgIpc) is 2.61. The molecule has 2 nitrogen and oxygen atoms in total. The van der Waals surface area contributed by atoms with Crippen LogP contribution in [0.25, 0.3) is 0 Å². The maximum Gasteiger partial charge on any atom is 0.182 e. The normalized spacial score (nSPS) is 30.1. The van der Waals surface area contributed by atoms with Crippen LogP contribution in [-0.4, -0.2) is 11.0 Å². The molecule has 1 aliphatic carbocycles. The van der Waals surface area contributed by atoms with Crippen LogP contribution in [0.15, 0.2) is 11.6 Å². The molecule has 0 radical (unpaired) electrons. The third kappa shape index (κ3) is 2.71. The highest BCUT2D eigenvalue weighted by atomic mass is 32.1. The number of thiazole rings is 1. The van der Waals surface area contributed by atoms with E-state index in [1.54, 1.807) is 11.3 Å². The van der Waals surface area contributed by atoms with Crippen LogP contribution in [0.4, 0.5) is 5.13 Å². The molecule has 2 unspecified atom stereocenters. The van der Waals surface area contributed by atoms with E-state index in [2.05, 4.69) is 31.1 Å². The van der Waals surface area contributed by atoms with Gasteiger partial charge in [-0.3, -0.25) is 0 Å². The summed E-state index contributed by atoms with van der Waals surface area (Å²) in [5, 5.41) is 6.66. The van der Waals surface area contributed by atoms with Gasteiger partial charge in [-0.05, 0) is 30.6 Å². The minimum atomic E-state index is 0.528. The lowest BCUT2D eigenvalue weighted by Crippen LogP contribution is -2.36. The van der Waals surface area contributed by atoms with Gasteiger partial charge in [-0.1, -0.05) is 20.8 Å². The number of hydrogen-bond donors (Lipinski definition) is 1. The van der Waals surface area contributed by atoms with Crippen LogP contribution in [-0.2, 0) is 0 Å². The quantitative estimate of drug-likeness (QED) is 0.827. The lowest BCUT2D eigenvalue weighted by molar-refractivity contribution is 0.177. The molecule has 1 aromatic rings. The predicted molar refractivity (Wildman–Crippen MR) is 66.3 cm³/mol. The Morgan fingerprint density at radius 3 is 2.93 bits per heavy atom. The minimum Gasteiger partial charge on any atom is -0.359 e. The van der Waals surface area contributed by atoms with Crippen LogP contribution in [0.2, 0.25) is 0 Å². The van der Waals surface area contributed by atoms with E-state index in [0.29, 0.717) is 11.5 Å². The van der Waals surface area contributed by atoms with Gasteiger partial charge in [0, 0.05) is 17.6 Å². The van der Waals surface area contributed by atoms with Crippen molar-refractivity contribution in [3.8, 4) is 0 Å². The van der Waals surface area contributed by atoms with E-state index in [1.165, 1.54) is 19.3 Å². The maximum absolute atomic E-state index is 4.29. The molecule has 1 aliphatic rings. The van der Waals surface area contributed by atoms with E-state index in [0.717, 1.165) is 11.0 Å². The second-order valence-electron chi connectivity index (χ2n) is 5.47. The number of nitrogens with one attached hydrogen (secondary N) is 1. The van der Waals surface area contributed by atoms with Crippen LogP contribution in [0.1, 0.15) is 40.0 Å². The fourth-order valence-electron chi connectivity index (χ4n) is 2.61. The van der Waals surface area contributed by atoms with Gasteiger partial charge in [0.2, 0.25) is 0 Å². The van der Waals surface area contributed by atoms with Crippen molar-refractivity contribution >= 4 is 16.5 Å². The first-order valence-corrected chi connectivity index (χ1v) is 6.61. The van der Waals surface area contributed by atoms with Gasteiger partial charge in [-0.15, -0.1) is 11.3 Å². The zero-order chi connectivity index (χ0) is 10.9. The van der Waals surface area contributed by atoms with Gasteiger partial charge in [-0.25, -0.2) is 4.98 Å². The largest absolute Gasteiger partial charge is 0.359 e. The molecule has 0 spiro atoms. The molecule has 0 aliphatic heterocycles. The van der Waals surface area contributed by atoms with E-state index in [1.807, 2.05) is 11.6 Å². The minimum absolute atomic E-state index is 0.528. The highest BCUT2D eigenvalue weighted by Crippen LogP contribution is 2.39. The Labute approximate surface area is 96.1 Å². The molecule has 15 heavy (non-hydrogen) atoms. The van der Waals surface area contributed by atoms with Crippen molar-refractivity contribution < 1.29 is 0 Å². The first kappa shape index (κ1) is 10.9. The molecule has 1 aromatic heterocycles. The van der Waals surface area contributed by atoms with Crippen molar-refractivity contribution in [3.05, 3.63) is 11.6 Å². The van der Waals surface area contributed by atoms with E-state index >= 15 is 0 Å². The summed E-state index contributed by atoms with van der Waals surface area (Å²) in [6.45, 7) is 7.11. The summed E-state index contributed by atoms with van der Waals surface area (Å²) in [6, 6.07) is 0.615. The number of anilines is 1. The Hall–Kier alpha value is -0.570. The summed E-state index contributed by atoms with van der Waals surface area (Å²) in [7, 11) is 0. The molecule has 1 heterocycles. The molecule has 84 valence electrons. The first-order chi connectivity index (χ1) is 7.07. The summed E-state index contributed by atoms with van der Waals surface area (Å²) in [5.41, 5.74) is 0.528. The molecule has 0 bridgehead atoms. The molecular weight excluding hydrogens is 204 g/mol. The number of nitrogens with zero attached hydrogens (tertiary/aromatic N) is 1. The van der Waals surface area contributed by atoms with E-state index in [4.69, 9.17) is 0 Å². The lowest BCUT2D eigenvalue weighted by atomic mass is 9.70. The number of rotatable bonds is 2. The van der Waals surface area contributed by atoms with Crippen molar-refractivity contribution in [1.29, 1.82) is 0 Å². The van der Waals surface area contributed by atoms with Gasteiger partial charge in [-0.2, -0.15) is 0 Å². The summed E-state index contributed by atoms with van der Waals surface area (Å²) in [5.74, 6) is 0.748. The van der Waals surface area contributed by atoms with E-state index in [-0.39, 0.29) is 0 Å². The summed E-state index contributed by atoms with van der Waals surface area (Å²) in [6.07, 6.45) is 5.77. The molecule has 0 saturated heterocycles. The topological polar surface area (TPSA) is 24.9 Å². The zero-order valence-electron chi connectivity index (χ0n) is 9.79. The Morgan fingerprint density at radius 1 is 1.53 bits per heavy atom. The van der Waals surface area contributed by atoms with Crippen molar-refractivity contribution in [2.45, 2.75) is 46.1 Å². The fourth-order valence-corrected chi connectivity index (χ4v) is 3.21. The Kier molecular flexibility index (Phi) is 3.01. The number of hydrogen-bond acceptors (Lipinski definition) is 3. The molecule has 2 atom stereocenters. The summed E-state index contributed by atoms with van der Waals surface area (Å²) >= 11 is 1.70. The van der Waals surface area contributed by atoms with Crippen LogP contribution < -0.4 is 5.32 Å². The molecule has 1 saturated carbocycles. The van der Waals surface area contributed by atoms with Gasteiger partial charge in [0.1, 0.15) is 0 Å². The van der Waals surface area contributed by atoms with Crippen LogP contribution in [0.5, 0.6) is 0 Å². The lowest BCUT2D eigenvalue weighted by Gasteiger charge is -2.39. The SMILES string of the molecule is CC1CC(C)(C)CCC1Nc1nccs1.